The van der Waals surface area contributed by atoms with Gasteiger partial charge in [-0.25, -0.2) is 0 Å². The van der Waals surface area contributed by atoms with Gasteiger partial charge in [-0.05, 0) is 43.5 Å². The van der Waals surface area contributed by atoms with Crippen molar-refractivity contribution in [3.63, 3.8) is 0 Å². The Balaban J connectivity index is 1.79. The molecule has 1 fully saturated rings. The molecule has 0 spiro atoms. The van der Waals surface area contributed by atoms with E-state index < -0.39 is 0 Å². The Kier molecular flexibility index (Phi) is 7.23. The summed E-state index contributed by atoms with van der Waals surface area (Å²) in [4.78, 5) is 7.12. The van der Waals surface area contributed by atoms with Gasteiger partial charge in [0.15, 0.2) is 5.96 Å². The lowest BCUT2D eigenvalue weighted by molar-refractivity contribution is 0.463. The predicted octanol–water partition coefficient (Wildman–Crippen LogP) is 2.64. The fraction of sp³-hybridized carbons (Fsp3) is 0.667. The molecule has 0 unspecified atom stereocenters. The van der Waals surface area contributed by atoms with E-state index in [1.165, 1.54) is 17.8 Å². The van der Waals surface area contributed by atoms with Gasteiger partial charge in [-0.3, -0.25) is 4.99 Å². The molecule has 1 saturated heterocycles. The number of guanidine groups is 1. The number of thiophene rings is 1. The highest BCUT2D eigenvalue weighted by Gasteiger charge is 2.20. The molecule has 0 saturated carbocycles. The van der Waals surface area contributed by atoms with Crippen LogP contribution in [0.25, 0.3) is 0 Å². The Morgan fingerprint density at radius 1 is 1.48 bits per heavy atom. The average molecular weight is 327 g/mol. The first-order valence-electron chi connectivity index (χ1n) is 7.65. The monoisotopic (exact) mass is 326 g/mol. The van der Waals surface area contributed by atoms with Gasteiger partial charge in [0.25, 0.3) is 0 Å². The standard InChI is InChI=1S/C15H26N4S2/c1-3-16-15(17-8-12-20-2)18-13-6-9-19(10-7-13)14-5-4-11-21-14/h4-5,11,13H,3,6-10,12H2,1-2H3,(H2,16,17,18). The van der Waals surface area contributed by atoms with Gasteiger partial charge in [0.05, 0.1) is 11.5 Å². The topological polar surface area (TPSA) is 39.7 Å². The second-order valence-corrected chi connectivity index (χ2v) is 7.02. The number of hydrogen-bond donors (Lipinski definition) is 2. The lowest BCUT2D eigenvalue weighted by Crippen LogP contribution is -2.48. The summed E-state index contributed by atoms with van der Waals surface area (Å²) in [6.07, 6.45) is 4.46. The molecule has 6 heteroatoms. The Morgan fingerprint density at radius 2 is 2.29 bits per heavy atom. The van der Waals surface area contributed by atoms with Crippen molar-refractivity contribution in [2.75, 3.05) is 43.1 Å². The van der Waals surface area contributed by atoms with E-state index in [0.717, 1.165) is 37.9 Å². The van der Waals surface area contributed by atoms with Crippen LogP contribution in [0, 0.1) is 0 Å². The largest absolute Gasteiger partial charge is 0.363 e. The van der Waals surface area contributed by atoms with Crippen LogP contribution in [0.1, 0.15) is 19.8 Å². The van der Waals surface area contributed by atoms with Crippen LogP contribution < -0.4 is 15.5 Å². The molecule has 1 aromatic rings. The fourth-order valence-corrected chi connectivity index (χ4v) is 3.52. The first-order valence-corrected chi connectivity index (χ1v) is 9.93. The van der Waals surface area contributed by atoms with E-state index in [-0.39, 0.29) is 0 Å². The van der Waals surface area contributed by atoms with Crippen LogP contribution in [-0.2, 0) is 0 Å². The van der Waals surface area contributed by atoms with Crippen LogP contribution in [-0.4, -0.2) is 50.2 Å². The number of piperidine rings is 1. The second-order valence-electron chi connectivity index (χ2n) is 5.11. The van der Waals surface area contributed by atoms with Gasteiger partial charge in [-0.1, -0.05) is 0 Å². The minimum absolute atomic E-state index is 0.535. The average Bonchev–Trinajstić information content (AvgIpc) is 3.03. The third-order valence-electron chi connectivity index (χ3n) is 3.56. The molecular formula is C15H26N4S2. The van der Waals surface area contributed by atoms with E-state index in [1.54, 1.807) is 0 Å². The number of nitrogens with zero attached hydrogens (tertiary/aromatic N) is 2. The summed E-state index contributed by atoms with van der Waals surface area (Å²) in [6, 6.07) is 4.88. The lowest BCUT2D eigenvalue weighted by Gasteiger charge is -2.33. The van der Waals surface area contributed by atoms with Gasteiger partial charge < -0.3 is 15.5 Å². The molecule has 0 aliphatic carbocycles. The maximum absolute atomic E-state index is 4.63. The molecule has 118 valence electrons. The van der Waals surface area contributed by atoms with E-state index in [0.29, 0.717) is 6.04 Å². The maximum atomic E-state index is 4.63. The summed E-state index contributed by atoms with van der Waals surface area (Å²) >= 11 is 3.67. The third kappa shape index (κ3) is 5.43. The molecule has 4 nitrogen and oxygen atoms in total. The summed E-state index contributed by atoms with van der Waals surface area (Å²) in [5, 5.41) is 10.5. The molecular weight excluding hydrogens is 300 g/mol. The Bertz CT molecular complexity index is 411. The van der Waals surface area contributed by atoms with E-state index in [2.05, 4.69) is 51.2 Å². The normalized spacial score (nSPS) is 17.0. The molecule has 1 aromatic heterocycles. The number of rotatable bonds is 6. The van der Waals surface area contributed by atoms with Gasteiger partial charge in [-0.2, -0.15) is 11.8 Å². The Labute approximate surface area is 136 Å². The molecule has 0 atom stereocenters. The molecule has 1 aliphatic rings. The van der Waals surface area contributed by atoms with Crippen LogP contribution in [0.4, 0.5) is 5.00 Å². The maximum Gasteiger partial charge on any atom is 0.191 e. The molecule has 2 rings (SSSR count). The van der Waals surface area contributed by atoms with Gasteiger partial charge in [0.2, 0.25) is 0 Å². The lowest BCUT2D eigenvalue weighted by atomic mass is 10.1. The number of nitrogens with one attached hydrogen (secondary N) is 2. The van der Waals surface area contributed by atoms with E-state index in [4.69, 9.17) is 0 Å². The molecule has 0 radical (unpaired) electrons. The minimum Gasteiger partial charge on any atom is -0.363 e. The van der Waals surface area contributed by atoms with Crippen LogP contribution in [0.15, 0.2) is 22.5 Å². The zero-order chi connectivity index (χ0) is 14.9. The smallest absolute Gasteiger partial charge is 0.191 e. The summed E-state index contributed by atoms with van der Waals surface area (Å²) in [5.74, 6) is 2.05. The molecule has 0 aromatic carbocycles. The van der Waals surface area contributed by atoms with E-state index in [9.17, 15) is 0 Å². The number of aliphatic imine (C=N–C) groups is 1. The second kappa shape index (κ2) is 9.20. The molecule has 2 N–H and O–H groups in total. The van der Waals surface area contributed by atoms with Crippen molar-refractivity contribution in [3.8, 4) is 0 Å². The first kappa shape index (κ1) is 16.5. The third-order valence-corrected chi connectivity index (χ3v) is 5.08. The van der Waals surface area contributed by atoms with Crippen molar-refractivity contribution in [1.82, 2.24) is 10.6 Å². The molecule has 0 amide bonds. The van der Waals surface area contributed by atoms with Crippen LogP contribution in [0.5, 0.6) is 0 Å². The van der Waals surface area contributed by atoms with Crippen molar-refractivity contribution in [2.24, 2.45) is 4.99 Å². The first-order chi connectivity index (χ1) is 10.3. The van der Waals surface area contributed by atoms with Crippen LogP contribution >= 0.6 is 23.1 Å². The van der Waals surface area contributed by atoms with E-state index in [1.807, 2.05) is 23.1 Å². The van der Waals surface area contributed by atoms with Crippen molar-refractivity contribution in [1.29, 1.82) is 0 Å². The number of anilines is 1. The minimum atomic E-state index is 0.535. The molecule has 0 bridgehead atoms. The van der Waals surface area contributed by atoms with Gasteiger partial charge in [-0.15, -0.1) is 11.3 Å². The number of hydrogen-bond acceptors (Lipinski definition) is 4. The summed E-state index contributed by atoms with van der Waals surface area (Å²) < 4.78 is 0. The van der Waals surface area contributed by atoms with Crippen molar-refractivity contribution in [2.45, 2.75) is 25.8 Å². The quantitative estimate of drug-likeness (QED) is 0.479. The highest BCUT2D eigenvalue weighted by molar-refractivity contribution is 7.98. The van der Waals surface area contributed by atoms with Gasteiger partial charge >= 0.3 is 0 Å². The van der Waals surface area contributed by atoms with Crippen molar-refractivity contribution in [3.05, 3.63) is 17.5 Å². The summed E-state index contributed by atoms with van der Waals surface area (Å²) in [6.45, 7) is 6.17. The highest BCUT2D eigenvalue weighted by Crippen LogP contribution is 2.24. The zero-order valence-electron chi connectivity index (χ0n) is 13.0. The Hall–Kier alpha value is -0.880. The molecule has 21 heavy (non-hydrogen) atoms. The van der Waals surface area contributed by atoms with Gasteiger partial charge in [0, 0.05) is 31.4 Å². The van der Waals surface area contributed by atoms with E-state index >= 15 is 0 Å². The fourth-order valence-electron chi connectivity index (χ4n) is 2.46. The zero-order valence-corrected chi connectivity index (χ0v) is 14.6. The summed E-state index contributed by atoms with van der Waals surface area (Å²) in [7, 11) is 0. The SMILES string of the molecule is CCNC(=NCCSC)NC1CCN(c2cccs2)CC1. The van der Waals surface area contributed by atoms with Crippen LogP contribution in [0.3, 0.4) is 0 Å². The number of thioether (sulfide) groups is 1. The van der Waals surface area contributed by atoms with Gasteiger partial charge in [0.1, 0.15) is 0 Å². The van der Waals surface area contributed by atoms with Crippen molar-refractivity contribution >= 4 is 34.1 Å². The highest BCUT2D eigenvalue weighted by atomic mass is 32.2. The van der Waals surface area contributed by atoms with Crippen LogP contribution in [0.2, 0.25) is 0 Å². The predicted molar refractivity (Wildman–Crippen MR) is 97.1 cm³/mol. The van der Waals surface area contributed by atoms with Crippen molar-refractivity contribution < 1.29 is 0 Å². The molecule has 1 aliphatic heterocycles. The molecule has 2 heterocycles. The Morgan fingerprint density at radius 3 is 2.90 bits per heavy atom. The summed E-state index contributed by atoms with van der Waals surface area (Å²) in [5.41, 5.74) is 0.